The van der Waals surface area contributed by atoms with E-state index in [9.17, 15) is 4.79 Å². The van der Waals surface area contributed by atoms with Crippen molar-refractivity contribution in [2.24, 2.45) is 5.92 Å². The van der Waals surface area contributed by atoms with E-state index in [-0.39, 0.29) is 0 Å². The molecule has 1 heterocycles. The second-order valence-electron chi connectivity index (χ2n) is 7.60. The molecular formula is C24H30N2O. The molecule has 27 heavy (non-hydrogen) atoms. The molecule has 1 fully saturated rings. The second kappa shape index (κ2) is 8.90. The Morgan fingerprint density at radius 1 is 1.04 bits per heavy atom. The maximum atomic E-state index is 11.3. The van der Waals surface area contributed by atoms with Crippen molar-refractivity contribution < 1.29 is 4.79 Å². The molecule has 0 saturated carbocycles. The largest absolute Gasteiger partial charge is 0.372 e. The van der Waals surface area contributed by atoms with Crippen LogP contribution in [0.2, 0.25) is 0 Å². The van der Waals surface area contributed by atoms with Gasteiger partial charge in [0.2, 0.25) is 0 Å². The molecule has 0 aliphatic carbocycles. The Morgan fingerprint density at radius 2 is 1.67 bits per heavy atom. The van der Waals surface area contributed by atoms with E-state index in [1.807, 2.05) is 13.0 Å². The van der Waals surface area contributed by atoms with Crippen LogP contribution in [0.25, 0.3) is 0 Å². The molecule has 2 aromatic carbocycles. The van der Waals surface area contributed by atoms with Crippen molar-refractivity contribution in [2.75, 3.05) is 29.4 Å². The average Bonchev–Trinajstić information content (AvgIpc) is 2.72. The number of allylic oxidation sites excluding steroid dienone is 2. The van der Waals surface area contributed by atoms with E-state index >= 15 is 0 Å². The first-order chi connectivity index (χ1) is 13.1. The van der Waals surface area contributed by atoms with Gasteiger partial charge in [-0.05, 0) is 63.8 Å². The monoisotopic (exact) mass is 362 g/mol. The molecule has 1 aliphatic heterocycles. The lowest BCUT2D eigenvalue weighted by Gasteiger charge is -2.37. The van der Waals surface area contributed by atoms with Crippen LogP contribution in [0, 0.1) is 12.8 Å². The van der Waals surface area contributed by atoms with Crippen LogP contribution < -0.4 is 9.80 Å². The first kappa shape index (κ1) is 19.2. The summed E-state index contributed by atoms with van der Waals surface area (Å²) in [6.45, 7) is 9.22. The van der Waals surface area contributed by atoms with Crippen molar-refractivity contribution in [1.82, 2.24) is 0 Å². The van der Waals surface area contributed by atoms with Crippen LogP contribution in [0.1, 0.15) is 32.3 Å². The van der Waals surface area contributed by atoms with Gasteiger partial charge < -0.3 is 9.80 Å². The normalized spacial score (nSPS) is 16.0. The number of benzene rings is 2. The van der Waals surface area contributed by atoms with E-state index in [1.54, 1.807) is 0 Å². The van der Waals surface area contributed by atoms with Gasteiger partial charge in [-0.3, -0.25) is 4.79 Å². The summed E-state index contributed by atoms with van der Waals surface area (Å²) in [5.74, 6) is 0.626. The number of carbonyl (C=O) groups excluding carboxylic acids is 1. The quantitative estimate of drug-likeness (QED) is 0.520. The summed E-state index contributed by atoms with van der Waals surface area (Å²) in [4.78, 5) is 16.1. The highest BCUT2D eigenvalue weighted by atomic mass is 16.1. The Balaban J connectivity index is 1.69. The molecule has 1 aliphatic rings. The Bertz CT molecular complexity index is 772. The Hall–Kier alpha value is -2.55. The molecule has 0 bridgehead atoms. The minimum Gasteiger partial charge on any atom is -0.372 e. The number of aldehydes is 1. The van der Waals surface area contributed by atoms with E-state index in [4.69, 9.17) is 0 Å². The molecule has 0 aromatic heterocycles. The van der Waals surface area contributed by atoms with Crippen molar-refractivity contribution >= 4 is 17.7 Å². The zero-order chi connectivity index (χ0) is 19.2. The number of hydrogen-bond acceptors (Lipinski definition) is 3. The molecule has 3 heteroatoms. The topological polar surface area (TPSA) is 23.6 Å². The van der Waals surface area contributed by atoms with Crippen molar-refractivity contribution in [1.29, 1.82) is 0 Å². The molecule has 0 N–H and O–H groups in total. The van der Waals surface area contributed by atoms with Crippen LogP contribution in [0.15, 0.2) is 65.9 Å². The van der Waals surface area contributed by atoms with Gasteiger partial charge in [0.1, 0.15) is 6.29 Å². The van der Waals surface area contributed by atoms with Gasteiger partial charge in [-0.15, -0.1) is 0 Å². The van der Waals surface area contributed by atoms with Crippen molar-refractivity contribution in [3.63, 3.8) is 0 Å². The molecule has 3 rings (SSSR count). The van der Waals surface area contributed by atoms with E-state index in [2.05, 4.69) is 72.2 Å². The summed E-state index contributed by atoms with van der Waals surface area (Å²) < 4.78 is 0. The number of aryl methyl sites for hydroxylation is 1. The molecule has 142 valence electrons. The number of piperidine rings is 1. The first-order valence-corrected chi connectivity index (χ1v) is 9.85. The summed E-state index contributed by atoms with van der Waals surface area (Å²) in [5, 5.41) is 0. The van der Waals surface area contributed by atoms with Crippen LogP contribution in [-0.2, 0) is 4.79 Å². The highest BCUT2D eigenvalue weighted by Gasteiger charge is 2.23. The Morgan fingerprint density at radius 3 is 2.26 bits per heavy atom. The molecule has 0 radical (unpaired) electrons. The minimum atomic E-state index is 0.626. The molecule has 0 unspecified atom stereocenters. The van der Waals surface area contributed by atoms with Crippen LogP contribution in [0.3, 0.4) is 0 Å². The third kappa shape index (κ3) is 4.79. The maximum Gasteiger partial charge on any atom is 0.147 e. The number of para-hydroxylation sites is 1. The van der Waals surface area contributed by atoms with E-state index in [0.29, 0.717) is 5.92 Å². The smallest absolute Gasteiger partial charge is 0.147 e. The Kier molecular flexibility index (Phi) is 6.33. The first-order valence-electron chi connectivity index (χ1n) is 9.85. The highest BCUT2D eigenvalue weighted by Crippen LogP contribution is 2.28. The predicted molar refractivity (Wildman–Crippen MR) is 114 cm³/mol. The van der Waals surface area contributed by atoms with Gasteiger partial charge >= 0.3 is 0 Å². The second-order valence-corrected chi connectivity index (χ2v) is 7.60. The van der Waals surface area contributed by atoms with Gasteiger partial charge in [0.25, 0.3) is 0 Å². The lowest BCUT2D eigenvalue weighted by atomic mass is 9.95. The fourth-order valence-corrected chi connectivity index (χ4v) is 3.73. The zero-order valence-corrected chi connectivity index (χ0v) is 16.7. The van der Waals surface area contributed by atoms with Gasteiger partial charge in [-0.25, -0.2) is 0 Å². The van der Waals surface area contributed by atoms with Crippen LogP contribution in [0.5, 0.6) is 0 Å². The SMILES string of the molecule is C/C(C=O)=C(/C)N(CC1CCN(c2ccc(C)cc2)CC1)c1ccccc1. The number of rotatable bonds is 6. The molecule has 0 amide bonds. The molecule has 0 spiro atoms. The van der Waals surface area contributed by atoms with Gasteiger partial charge in [0, 0.05) is 42.3 Å². The van der Waals surface area contributed by atoms with Gasteiger partial charge in [-0.2, -0.15) is 0 Å². The van der Waals surface area contributed by atoms with Crippen LogP contribution in [-0.4, -0.2) is 25.9 Å². The van der Waals surface area contributed by atoms with Crippen LogP contribution >= 0.6 is 0 Å². The maximum absolute atomic E-state index is 11.3. The standard InChI is InChI=1S/C24H30N2O/c1-19-9-11-23(12-10-19)25-15-13-22(14-16-25)17-26(21(3)20(2)18-27)24-7-5-4-6-8-24/h4-12,18,22H,13-17H2,1-3H3/b21-20+. The zero-order valence-electron chi connectivity index (χ0n) is 16.7. The fraction of sp³-hybridized carbons (Fsp3) is 0.375. The summed E-state index contributed by atoms with van der Waals surface area (Å²) in [5.41, 5.74) is 5.65. The molecule has 1 saturated heterocycles. The van der Waals surface area contributed by atoms with Crippen molar-refractivity contribution in [2.45, 2.75) is 33.6 Å². The average molecular weight is 363 g/mol. The molecule has 2 aromatic rings. The summed E-state index contributed by atoms with van der Waals surface area (Å²) in [6, 6.07) is 19.2. The molecule has 0 atom stereocenters. The number of anilines is 2. The van der Waals surface area contributed by atoms with E-state index in [0.717, 1.165) is 42.9 Å². The fourth-order valence-electron chi connectivity index (χ4n) is 3.73. The predicted octanol–water partition coefficient (Wildman–Crippen LogP) is 5.21. The lowest BCUT2D eigenvalue weighted by Crippen LogP contribution is -2.38. The van der Waals surface area contributed by atoms with Crippen molar-refractivity contribution in [3.05, 3.63) is 71.4 Å². The van der Waals surface area contributed by atoms with Gasteiger partial charge in [0.15, 0.2) is 0 Å². The molecular weight excluding hydrogens is 332 g/mol. The number of nitrogens with zero attached hydrogens (tertiary/aromatic N) is 2. The number of hydrogen-bond donors (Lipinski definition) is 0. The Labute approximate surface area is 163 Å². The highest BCUT2D eigenvalue weighted by molar-refractivity contribution is 5.75. The van der Waals surface area contributed by atoms with Gasteiger partial charge in [-0.1, -0.05) is 35.9 Å². The molecule has 3 nitrogen and oxygen atoms in total. The van der Waals surface area contributed by atoms with Crippen LogP contribution in [0.4, 0.5) is 11.4 Å². The van der Waals surface area contributed by atoms with Crippen molar-refractivity contribution in [3.8, 4) is 0 Å². The minimum absolute atomic E-state index is 0.626. The van der Waals surface area contributed by atoms with E-state index in [1.165, 1.54) is 24.1 Å². The third-order valence-corrected chi connectivity index (χ3v) is 5.67. The third-order valence-electron chi connectivity index (χ3n) is 5.67. The summed E-state index contributed by atoms with van der Waals surface area (Å²) in [7, 11) is 0. The number of carbonyl (C=O) groups is 1. The van der Waals surface area contributed by atoms with Gasteiger partial charge in [0.05, 0.1) is 0 Å². The summed E-state index contributed by atoms with van der Waals surface area (Å²) >= 11 is 0. The lowest BCUT2D eigenvalue weighted by molar-refractivity contribution is -0.104. The van der Waals surface area contributed by atoms with E-state index < -0.39 is 0 Å². The summed E-state index contributed by atoms with van der Waals surface area (Å²) in [6.07, 6.45) is 3.31.